The molecule has 0 aromatic rings. The molecule has 0 aromatic heterocycles. The van der Waals surface area contributed by atoms with Crippen molar-refractivity contribution in [2.24, 2.45) is 11.8 Å². The van der Waals surface area contributed by atoms with Crippen LogP contribution >= 0.6 is 0 Å². The number of nitrogens with one attached hydrogen (secondary N) is 1. The fourth-order valence-corrected chi connectivity index (χ4v) is 3.66. The van der Waals surface area contributed by atoms with Crippen LogP contribution in [0.15, 0.2) is 0 Å². The number of piperidine rings is 1. The molecule has 3 atom stereocenters. The molecule has 1 unspecified atom stereocenters. The number of hydrogen-bond donors (Lipinski definition) is 1. The van der Waals surface area contributed by atoms with Gasteiger partial charge in [0.05, 0.1) is 0 Å². The van der Waals surface area contributed by atoms with Crippen molar-refractivity contribution in [2.45, 2.75) is 32.4 Å². The minimum atomic E-state index is 0.705. The Hall–Kier alpha value is -0.120. The van der Waals surface area contributed by atoms with Gasteiger partial charge in [-0.25, -0.2) is 0 Å². The first-order valence-corrected chi connectivity index (χ1v) is 6.71. The van der Waals surface area contributed by atoms with Crippen molar-refractivity contribution in [3.63, 3.8) is 0 Å². The molecule has 16 heavy (non-hydrogen) atoms. The molecule has 2 rings (SSSR count). The van der Waals surface area contributed by atoms with Crippen LogP contribution in [-0.2, 0) is 0 Å². The summed E-state index contributed by atoms with van der Waals surface area (Å²) in [5.41, 5.74) is 0. The standard InChI is InChI=1S/C13H27N3/c1-10(2)13-11-5-7-15(3)9-12(11)14-6-8-16(13)4/h10-14H,5-9H2,1-4H3/t11-,12?,13+/m1/s1. The number of nitrogens with zero attached hydrogens (tertiary/aromatic N) is 2. The van der Waals surface area contributed by atoms with Crippen LogP contribution in [0.1, 0.15) is 20.3 Å². The predicted molar refractivity (Wildman–Crippen MR) is 68.7 cm³/mol. The number of hydrogen-bond acceptors (Lipinski definition) is 3. The molecule has 0 saturated carbocycles. The van der Waals surface area contributed by atoms with Gasteiger partial charge in [-0.05, 0) is 38.9 Å². The predicted octanol–water partition coefficient (Wildman–Crippen LogP) is 0.866. The van der Waals surface area contributed by atoms with Gasteiger partial charge in [-0.1, -0.05) is 13.8 Å². The molecule has 3 heteroatoms. The number of likely N-dealkylation sites (tertiary alicyclic amines) is 1. The number of likely N-dealkylation sites (N-methyl/N-ethyl adjacent to an activating group) is 2. The normalized spacial score (nSPS) is 38.4. The SMILES string of the molecule is CC(C)[C@H]1[C@@H]2CCN(C)CC2NCCN1C. The Labute approximate surface area is 100 Å². The zero-order valence-corrected chi connectivity index (χ0v) is 11.2. The first kappa shape index (κ1) is 12.3. The lowest BCUT2D eigenvalue weighted by atomic mass is 9.80. The van der Waals surface area contributed by atoms with Crippen LogP contribution in [0.4, 0.5) is 0 Å². The molecule has 0 radical (unpaired) electrons. The molecule has 3 nitrogen and oxygen atoms in total. The van der Waals surface area contributed by atoms with Gasteiger partial charge in [0, 0.05) is 31.7 Å². The molecule has 2 heterocycles. The van der Waals surface area contributed by atoms with Crippen molar-refractivity contribution >= 4 is 0 Å². The quantitative estimate of drug-likeness (QED) is 0.714. The third kappa shape index (κ3) is 2.41. The fraction of sp³-hybridized carbons (Fsp3) is 1.00. The molecular weight excluding hydrogens is 198 g/mol. The van der Waals surface area contributed by atoms with Crippen molar-refractivity contribution in [3.8, 4) is 0 Å². The second-order valence-corrected chi connectivity index (χ2v) is 5.99. The van der Waals surface area contributed by atoms with E-state index in [0.717, 1.165) is 24.4 Å². The second kappa shape index (κ2) is 5.03. The Kier molecular flexibility index (Phi) is 3.88. The zero-order chi connectivity index (χ0) is 11.7. The van der Waals surface area contributed by atoms with Crippen LogP contribution < -0.4 is 5.32 Å². The Bertz CT molecular complexity index is 229. The summed E-state index contributed by atoms with van der Waals surface area (Å²) in [6, 6.07) is 1.46. The minimum Gasteiger partial charge on any atom is -0.311 e. The fourth-order valence-electron chi connectivity index (χ4n) is 3.66. The highest BCUT2D eigenvalue weighted by Crippen LogP contribution is 2.29. The second-order valence-electron chi connectivity index (χ2n) is 5.99. The highest BCUT2D eigenvalue weighted by molar-refractivity contribution is 4.95. The maximum absolute atomic E-state index is 3.75. The largest absolute Gasteiger partial charge is 0.311 e. The Morgan fingerprint density at radius 2 is 1.94 bits per heavy atom. The van der Waals surface area contributed by atoms with Crippen molar-refractivity contribution in [1.82, 2.24) is 15.1 Å². The van der Waals surface area contributed by atoms with Crippen LogP contribution in [0.2, 0.25) is 0 Å². The summed E-state index contributed by atoms with van der Waals surface area (Å²) < 4.78 is 0. The van der Waals surface area contributed by atoms with E-state index >= 15 is 0 Å². The molecule has 94 valence electrons. The van der Waals surface area contributed by atoms with E-state index < -0.39 is 0 Å². The third-order valence-electron chi connectivity index (χ3n) is 4.37. The van der Waals surface area contributed by atoms with Crippen LogP contribution in [0.25, 0.3) is 0 Å². The Balaban J connectivity index is 2.14. The molecule has 1 N–H and O–H groups in total. The molecule has 2 saturated heterocycles. The van der Waals surface area contributed by atoms with Gasteiger partial charge < -0.3 is 15.1 Å². The van der Waals surface area contributed by atoms with E-state index in [1.54, 1.807) is 0 Å². The average Bonchev–Trinajstić information content (AvgIpc) is 2.35. The summed E-state index contributed by atoms with van der Waals surface area (Å²) in [7, 11) is 4.55. The van der Waals surface area contributed by atoms with E-state index in [4.69, 9.17) is 0 Å². The third-order valence-corrected chi connectivity index (χ3v) is 4.37. The highest BCUT2D eigenvalue weighted by atomic mass is 15.2. The summed E-state index contributed by atoms with van der Waals surface area (Å²) in [5, 5.41) is 3.75. The van der Waals surface area contributed by atoms with Gasteiger partial charge in [-0.15, -0.1) is 0 Å². The van der Waals surface area contributed by atoms with Crippen LogP contribution in [0.5, 0.6) is 0 Å². The van der Waals surface area contributed by atoms with Gasteiger partial charge in [0.1, 0.15) is 0 Å². The lowest BCUT2D eigenvalue weighted by Crippen LogP contribution is -2.54. The van der Waals surface area contributed by atoms with E-state index in [0.29, 0.717) is 6.04 Å². The van der Waals surface area contributed by atoms with E-state index in [9.17, 15) is 0 Å². The lowest BCUT2D eigenvalue weighted by Gasteiger charge is -2.43. The molecule has 2 fully saturated rings. The first-order valence-electron chi connectivity index (χ1n) is 6.71. The summed E-state index contributed by atoms with van der Waals surface area (Å²) >= 11 is 0. The monoisotopic (exact) mass is 225 g/mol. The molecule has 0 aliphatic carbocycles. The van der Waals surface area contributed by atoms with Crippen molar-refractivity contribution in [3.05, 3.63) is 0 Å². The average molecular weight is 225 g/mol. The van der Waals surface area contributed by atoms with Gasteiger partial charge in [0.25, 0.3) is 0 Å². The minimum absolute atomic E-state index is 0.705. The van der Waals surface area contributed by atoms with E-state index in [1.165, 1.54) is 26.1 Å². The smallest absolute Gasteiger partial charge is 0.0239 e. The summed E-state index contributed by atoms with van der Waals surface area (Å²) in [4.78, 5) is 5.05. The molecule has 2 aliphatic heterocycles. The topological polar surface area (TPSA) is 18.5 Å². The van der Waals surface area contributed by atoms with Crippen LogP contribution in [0, 0.1) is 11.8 Å². The van der Waals surface area contributed by atoms with Crippen LogP contribution in [-0.4, -0.2) is 62.2 Å². The first-order chi connectivity index (χ1) is 7.59. The Morgan fingerprint density at radius 1 is 1.19 bits per heavy atom. The highest BCUT2D eigenvalue weighted by Gasteiger charge is 2.38. The van der Waals surface area contributed by atoms with Crippen molar-refractivity contribution in [2.75, 3.05) is 40.3 Å². The zero-order valence-electron chi connectivity index (χ0n) is 11.2. The summed E-state index contributed by atoms with van der Waals surface area (Å²) in [6.07, 6.45) is 1.35. The van der Waals surface area contributed by atoms with Gasteiger partial charge in [-0.3, -0.25) is 0 Å². The Morgan fingerprint density at radius 3 is 2.62 bits per heavy atom. The van der Waals surface area contributed by atoms with E-state index in [-0.39, 0.29) is 0 Å². The molecular formula is C13H27N3. The van der Waals surface area contributed by atoms with E-state index in [2.05, 4.69) is 43.1 Å². The number of rotatable bonds is 1. The van der Waals surface area contributed by atoms with Gasteiger partial charge in [0.15, 0.2) is 0 Å². The van der Waals surface area contributed by atoms with Gasteiger partial charge in [-0.2, -0.15) is 0 Å². The molecule has 0 aromatic carbocycles. The van der Waals surface area contributed by atoms with Gasteiger partial charge >= 0.3 is 0 Å². The van der Waals surface area contributed by atoms with E-state index in [1.807, 2.05) is 0 Å². The van der Waals surface area contributed by atoms with Crippen molar-refractivity contribution < 1.29 is 0 Å². The van der Waals surface area contributed by atoms with Crippen LogP contribution in [0.3, 0.4) is 0 Å². The number of fused-ring (bicyclic) bond motifs is 1. The summed E-state index contributed by atoms with van der Waals surface area (Å²) in [6.45, 7) is 9.58. The maximum Gasteiger partial charge on any atom is 0.0239 e. The molecule has 0 bridgehead atoms. The van der Waals surface area contributed by atoms with Crippen molar-refractivity contribution in [1.29, 1.82) is 0 Å². The molecule has 2 aliphatic rings. The summed E-state index contributed by atoms with van der Waals surface area (Å²) in [5.74, 6) is 1.60. The molecule has 0 spiro atoms. The van der Waals surface area contributed by atoms with Gasteiger partial charge in [0.2, 0.25) is 0 Å². The maximum atomic E-state index is 3.75. The molecule has 0 amide bonds. The lowest BCUT2D eigenvalue weighted by molar-refractivity contribution is 0.0821.